The molecule has 0 unspecified atom stereocenters. The number of hydrogen-bond donors (Lipinski definition) is 1. The van der Waals surface area contributed by atoms with Crippen LogP contribution in [0.4, 0.5) is 11.6 Å². The minimum Gasteiger partial charge on any atom is -0.379 e. The van der Waals surface area contributed by atoms with Gasteiger partial charge >= 0.3 is 0 Å². The molecular formula is C13H22N4OS. The lowest BCUT2D eigenvalue weighted by molar-refractivity contribution is 0.0875. The average Bonchev–Trinajstić information content (AvgIpc) is 2.46. The molecule has 0 amide bonds. The Bertz CT molecular complexity index is 385. The van der Waals surface area contributed by atoms with E-state index >= 15 is 0 Å². The van der Waals surface area contributed by atoms with Crippen molar-refractivity contribution in [3.8, 4) is 0 Å². The number of hydrogen-bond acceptors (Lipinski definition) is 6. The maximum absolute atomic E-state index is 5.47. The third-order valence-electron chi connectivity index (χ3n) is 3.19. The molecule has 0 spiro atoms. The number of aromatic nitrogens is 2. The van der Waals surface area contributed by atoms with Gasteiger partial charge in [0.15, 0.2) is 0 Å². The van der Waals surface area contributed by atoms with Crippen LogP contribution in [0.5, 0.6) is 0 Å². The summed E-state index contributed by atoms with van der Waals surface area (Å²) in [7, 11) is 2.06. The Morgan fingerprint density at radius 3 is 3.16 bits per heavy atom. The van der Waals surface area contributed by atoms with Crippen LogP contribution >= 0.6 is 11.8 Å². The number of ether oxygens (including phenoxy) is 1. The summed E-state index contributed by atoms with van der Waals surface area (Å²) < 4.78 is 5.47. The van der Waals surface area contributed by atoms with Gasteiger partial charge in [-0.15, -0.1) is 0 Å². The fourth-order valence-electron chi connectivity index (χ4n) is 2.04. The van der Waals surface area contributed by atoms with Crippen LogP contribution in [0, 0.1) is 0 Å². The summed E-state index contributed by atoms with van der Waals surface area (Å²) >= 11 is 1.84. The second-order valence-electron chi connectivity index (χ2n) is 4.73. The molecule has 19 heavy (non-hydrogen) atoms. The largest absolute Gasteiger partial charge is 0.379 e. The molecule has 1 aromatic rings. The third-order valence-corrected chi connectivity index (χ3v) is 3.78. The van der Waals surface area contributed by atoms with Crippen LogP contribution in [-0.2, 0) is 4.74 Å². The van der Waals surface area contributed by atoms with E-state index in [-0.39, 0.29) is 0 Å². The Labute approximate surface area is 119 Å². The lowest BCUT2D eigenvalue weighted by Gasteiger charge is -2.24. The van der Waals surface area contributed by atoms with Gasteiger partial charge in [-0.05, 0) is 19.1 Å². The number of anilines is 2. The summed E-state index contributed by atoms with van der Waals surface area (Å²) in [5, 5.41) is 3.42. The van der Waals surface area contributed by atoms with E-state index < -0.39 is 0 Å². The zero-order valence-corrected chi connectivity index (χ0v) is 12.4. The van der Waals surface area contributed by atoms with Gasteiger partial charge < -0.3 is 15.0 Å². The molecule has 2 rings (SSSR count). The molecule has 2 heterocycles. The quantitative estimate of drug-likeness (QED) is 0.859. The fraction of sp³-hybridized carbons (Fsp3) is 0.692. The third kappa shape index (κ3) is 4.54. The monoisotopic (exact) mass is 282 g/mol. The highest BCUT2D eigenvalue weighted by Crippen LogP contribution is 2.16. The molecule has 0 aromatic carbocycles. The first kappa shape index (κ1) is 14.4. The number of nitrogens with zero attached hydrogens (tertiary/aromatic N) is 3. The van der Waals surface area contributed by atoms with E-state index in [4.69, 9.17) is 4.74 Å². The molecule has 0 saturated carbocycles. The maximum Gasteiger partial charge on any atom is 0.133 e. The predicted molar refractivity (Wildman–Crippen MR) is 81.1 cm³/mol. The standard InChI is InChI=1S/C13H22N4OS/c1-17(5-7-19-2)13-8-12(14-10-15-13)16-11-4-3-6-18-9-11/h8,10-11H,3-7,9H2,1-2H3,(H,14,15,16)/t11-/m1/s1. The van der Waals surface area contributed by atoms with Crippen LogP contribution in [0.2, 0.25) is 0 Å². The lowest BCUT2D eigenvalue weighted by atomic mass is 10.1. The molecule has 0 bridgehead atoms. The zero-order chi connectivity index (χ0) is 13.5. The van der Waals surface area contributed by atoms with Crippen molar-refractivity contribution in [1.29, 1.82) is 0 Å². The van der Waals surface area contributed by atoms with Crippen molar-refractivity contribution in [2.45, 2.75) is 18.9 Å². The van der Waals surface area contributed by atoms with E-state index in [0.29, 0.717) is 6.04 Å². The van der Waals surface area contributed by atoms with Crippen molar-refractivity contribution >= 4 is 23.4 Å². The first-order chi connectivity index (χ1) is 9.29. The smallest absolute Gasteiger partial charge is 0.133 e. The van der Waals surface area contributed by atoms with Crippen LogP contribution in [0.3, 0.4) is 0 Å². The molecule has 1 N–H and O–H groups in total. The van der Waals surface area contributed by atoms with E-state index in [9.17, 15) is 0 Å². The summed E-state index contributed by atoms with van der Waals surface area (Å²) in [5.74, 6) is 2.94. The van der Waals surface area contributed by atoms with E-state index in [1.165, 1.54) is 0 Å². The molecule has 0 radical (unpaired) electrons. The van der Waals surface area contributed by atoms with Gasteiger partial charge in [0.1, 0.15) is 18.0 Å². The molecule has 5 nitrogen and oxygen atoms in total. The summed E-state index contributed by atoms with van der Waals surface area (Å²) in [6.07, 6.45) is 5.99. The molecule has 106 valence electrons. The molecule has 6 heteroatoms. The van der Waals surface area contributed by atoms with Gasteiger partial charge in [-0.1, -0.05) is 0 Å². The van der Waals surface area contributed by atoms with Crippen molar-refractivity contribution in [2.75, 3.05) is 49.0 Å². The Kier molecular flexibility index (Phi) is 5.72. The van der Waals surface area contributed by atoms with Crippen LogP contribution in [0.25, 0.3) is 0 Å². The van der Waals surface area contributed by atoms with E-state index in [2.05, 4.69) is 33.5 Å². The van der Waals surface area contributed by atoms with Crippen molar-refractivity contribution in [2.24, 2.45) is 0 Å². The second kappa shape index (κ2) is 7.55. The van der Waals surface area contributed by atoms with E-state index in [1.807, 2.05) is 17.8 Å². The van der Waals surface area contributed by atoms with Crippen LogP contribution in [0.1, 0.15) is 12.8 Å². The summed E-state index contributed by atoms with van der Waals surface area (Å²) in [6, 6.07) is 2.38. The number of thioether (sulfide) groups is 1. The number of rotatable bonds is 6. The molecule has 1 saturated heterocycles. The minimum atomic E-state index is 0.369. The summed E-state index contributed by atoms with van der Waals surface area (Å²) in [4.78, 5) is 10.8. The van der Waals surface area contributed by atoms with Crippen LogP contribution < -0.4 is 10.2 Å². The van der Waals surface area contributed by atoms with Crippen molar-refractivity contribution in [1.82, 2.24) is 9.97 Å². The molecule has 1 atom stereocenters. The van der Waals surface area contributed by atoms with Gasteiger partial charge in [0.25, 0.3) is 0 Å². The Morgan fingerprint density at radius 1 is 1.53 bits per heavy atom. The Morgan fingerprint density at radius 2 is 2.42 bits per heavy atom. The Balaban J connectivity index is 1.93. The number of nitrogens with one attached hydrogen (secondary N) is 1. The highest BCUT2D eigenvalue weighted by atomic mass is 32.2. The van der Waals surface area contributed by atoms with Gasteiger partial charge in [-0.3, -0.25) is 0 Å². The van der Waals surface area contributed by atoms with Crippen molar-refractivity contribution < 1.29 is 4.74 Å². The van der Waals surface area contributed by atoms with E-state index in [0.717, 1.165) is 50.0 Å². The van der Waals surface area contributed by atoms with Crippen molar-refractivity contribution in [3.05, 3.63) is 12.4 Å². The highest BCUT2D eigenvalue weighted by Gasteiger charge is 2.14. The summed E-state index contributed by atoms with van der Waals surface area (Å²) in [5.41, 5.74) is 0. The minimum absolute atomic E-state index is 0.369. The SMILES string of the molecule is CSCCN(C)c1cc(N[C@@H]2CCCOC2)ncn1. The molecule has 1 fully saturated rings. The first-order valence-electron chi connectivity index (χ1n) is 6.66. The summed E-state index contributed by atoms with van der Waals surface area (Å²) in [6.45, 7) is 2.64. The van der Waals surface area contributed by atoms with Gasteiger partial charge in [0, 0.05) is 32.0 Å². The average molecular weight is 282 g/mol. The van der Waals surface area contributed by atoms with Gasteiger partial charge in [0.05, 0.1) is 12.6 Å². The lowest BCUT2D eigenvalue weighted by Crippen LogP contribution is -2.30. The van der Waals surface area contributed by atoms with E-state index in [1.54, 1.807) is 6.33 Å². The highest BCUT2D eigenvalue weighted by molar-refractivity contribution is 7.98. The predicted octanol–water partition coefficient (Wildman–Crippen LogP) is 1.87. The van der Waals surface area contributed by atoms with Gasteiger partial charge in [-0.25, -0.2) is 9.97 Å². The second-order valence-corrected chi connectivity index (χ2v) is 5.72. The van der Waals surface area contributed by atoms with Crippen LogP contribution in [-0.4, -0.2) is 54.8 Å². The zero-order valence-electron chi connectivity index (χ0n) is 11.6. The first-order valence-corrected chi connectivity index (χ1v) is 8.05. The normalized spacial score (nSPS) is 19.2. The molecule has 1 aliphatic rings. The molecule has 1 aromatic heterocycles. The molecular weight excluding hydrogens is 260 g/mol. The van der Waals surface area contributed by atoms with Gasteiger partial charge in [0.2, 0.25) is 0 Å². The maximum atomic E-state index is 5.47. The van der Waals surface area contributed by atoms with Gasteiger partial charge in [-0.2, -0.15) is 11.8 Å². The van der Waals surface area contributed by atoms with Crippen LogP contribution in [0.15, 0.2) is 12.4 Å². The molecule has 0 aliphatic carbocycles. The van der Waals surface area contributed by atoms with Crippen molar-refractivity contribution in [3.63, 3.8) is 0 Å². The molecule has 1 aliphatic heterocycles. The Hall–Kier alpha value is -1.01. The topological polar surface area (TPSA) is 50.3 Å². The fourth-order valence-corrected chi connectivity index (χ4v) is 2.50.